The molecule has 0 aromatic heterocycles. The Morgan fingerprint density at radius 1 is 1.18 bits per heavy atom. The lowest BCUT2D eigenvalue weighted by molar-refractivity contribution is -0.131. The van der Waals surface area contributed by atoms with Gasteiger partial charge in [0.15, 0.2) is 0 Å². The van der Waals surface area contributed by atoms with E-state index in [2.05, 4.69) is 10.6 Å². The zero-order valence-corrected chi connectivity index (χ0v) is 16.4. The summed E-state index contributed by atoms with van der Waals surface area (Å²) < 4.78 is 5.31. The number of benzene rings is 1. The van der Waals surface area contributed by atoms with Crippen LogP contribution in [0, 0.1) is 0 Å². The van der Waals surface area contributed by atoms with Crippen LogP contribution in [-0.2, 0) is 16.0 Å². The first kappa shape index (κ1) is 20.2. The predicted molar refractivity (Wildman–Crippen MR) is 105 cm³/mol. The van der Waals surface area contributed by atoms with Crippen LogP contribution in [0.1, 0.15) is 50.5 Å². The number of amides is 4. The van der Waals surface area contributed by atoms with Gasteiger partial charge in [-0.05, 0) is 30.9 Å². The number of ether oxygens (including phenoxy) is 1. The summed E-state index contributed by atoms with van der Waals surface area (Å²) in [5, 5.41) is 5.68. The van der Waals surface area contributed by atoms with Crippen molar-refractivity contribution in [2.45, 2.75) is 63.5 Å². The summed E-state index contributed by atoms with van der Waals surface area (Å²) in [5.74, 6) is 0.224. The molecule has 0 bridgehead atoms. The van der Waals surface area contributed by atoms with E-state index in [0.717, 1.165) is 37.0 Å². The van der Waals surface area contributed by atoms with Crippen LogP contribution < -0.4 is 15.4 Å². The molecule has 2 aliphatic rings. The zero-order chi connectivity index (χ0) is 19.9. The van der Waals surface area contributed by atoms with E-state index in [9.17, 15) is 14.4 Å². The minimum absolute atomic E-state index is 0.00771. The average Bonchev–Trinajstić information content (AvgIpc) is 2.85. The Morgan fingerprint density at radius 2 is 1.89 bits per heavy atom. The van der Waals surface area contributed by atoms with Crippen molar-refractivity contribution in [2.75, 3.05) is 13.7 Å². The summed E-state index contributed by atoms with van der Waals surface area (Å²) in [5.41, 5.74) is 0.931. The Morgan fingerprint density at radius 3 is 2.61 bits per heavy atom. The van der Waals surface area contributed by atoms with Crippen molar-refractivity contribution >= 4 is 17.8 Å². The number of hydrogen-bond donors (Lipinski definition) is 2. The largest absolute Gasteiger partial charge is 0.496 e. The van der Waals surface area contributed by atoms with E-state index in [1.165, 1.54) is 17.7 Å². The number of urea groups is 1. The normalized spacial score (nSPS) is 20.6. The van der Waals surface area contributed by atoms with Crippen LogP contribution in [0.25, 0.3) is 0 Å². The lowest BCUT2D eigenvalue weighted by Crippen LogP contribution is -2.40. The summed E-state index contributed by atoms with van der Waals surface area (Å²) in [6, 6.07) is 6.49. The number of rotatable bonds is 7. The second-order valence-electron chi connectivity index (χ2n) is 7.51. The quantitative estimate of drug-likeness (QED) is 0.555. The first-order chi connectivity index (χ1) is 13.6. The summed E-state index contributed by atoms with van der Waals surface area (Å²) >= 11 is 0. The van der Waals surface area contributed by atoms with Crippen molar-refractivity contribution in [3.05, 3.63) is 29.8 Å². The fourth-order valence-corrected chi connectivity index (χ4v) is 3.96. The molecule has 2 N–H and O–H groups in total. The molecular weight excluding hydrogens is 358 g/mol. The first-order valence-corrected chi connectivity index (χ1v) is 10.1. The van der Waals surface area contributed by atoms with Crippen LogP contribution >= 0.6 is 0 Å². The van der Waals surface area contributed by atoms with Crippen molar-refractivity contribution < 1.29 is 19.1 Å². The number of imide groups is 1. The van der Waals surface area contributed by atoms with Crippen molar-refractivity contribution in [3.63, 3.8) is 0 Å². The van der Waals surface area contributed by atoms with Gasteiger partial charge in [0.25, 0.3) is 5.91 Å². The minimum atomic E-state index is -0.782. The third kappa shape index (κ3) is 5.03. The number of para-hydroxylation sites is 1. The standard InChI is InChI=1S/C21H29N3O4/c1-28-18-11-7-6-8-15(18)12-13-24-20(26)17(23-21(24)27)14-19(25)22-16-9-4-2-3-5-10-16/h6-8,11,16-17H,2-5,9-10,12-14H2,1H3,(H,22,25)(H,23,27). The molecule has 1 unspecified atom stereocenters. The molecule has 1 aliphatic carbocycles. The molecule has 3 rings (SSSR count). The monoisotopic (exact) mass is 387 g/mol. The highest BCUT2D eigenvalue weighted by Gasteiger charge is 2.39. The van der Waals surface area contributed by atoms with Crippen LogP contribution in [0.2, 0.25) is 0 Å². The number of carbonyl (C=O) groups excluding carboxylic acids is 3. The molecule has 7 nitrogen and oxygen atoms in total. The number of hydrogen-bond acceptors (Lipinski definition) is 4. The molecule has 1 aliphatic heterocycles. The molecule has 4 amide bonds. The third-order valence-corrected chi connectivity index (χ3v) is 5.51. The van der Waals surface area contributed by atoms with E-state index in [4.69, 9.17) is 4.74 Å². The summed E-state index contributed by atoms with van der Waals surface area (Å²) in [6.07, 6.45) is 7.15. The van der Waals surface area contributed by atoms with Crippen LogP contribution in [-0.4, -0.2) is 48.5 Å². The fourth-order valence-electron chi connectivity index (χ4n) is 3.96. The molecule has 1 aromatic rings. The van der Waals surface area contributed by atoms with E-state index in [0.29, 0.717) is 6.42 Å². The highest BCUT2D eigenvalue weighted by molar-refractivity contribution is 6.05. The van der Waals surface area contributed by atoms with Crippen LogP contribution in [0.4, 0.5) is 4.79 Å². The zero-order valence-electron chi connectivity index (χ0n) is 16.4. The van der Waals surface area contributed by atoms with Gasteiger partial charge in [0.05, 0.1) is 13.5 Å². The molecule has 0 spiro atoms. The molecular formula is C21H29N3O4. The molecule has 1 saturated carbocycles. The SMILES string of the molecule is COc1ccccc1CCN1C(=O)NC(CC(=O)NC2CCCCCC2)C1=O. The van der Waals surface area contributed by atoms with Crippen LogP contribution in [0.15, 0.2) is 24.3 Å². The van der Waals surface area contributed by atoms with Gasteiger partial charge in [-0.25, -0.2) is 4.79 Å². The van der Waals surface area contributed by atoms with Gasteiger partial charge < -0.3 is 15.4 Å². The molecule has 2 fully saturated rings. The Bertz CT molecular complexity index is 713. The molecule has 0 radical (unpaired) electrons. The van der Waals surface area contributed by atoms with E-state index < -0.39 is 12.1 Å². The molecule has 7 heteroatoms. The van der Waals surface area contributed by atoms with Crippen molar-refractivity contribution in [1.82, 2.24) is 15.5 Å². The third-order valence-electron chi connectivity index (χ3n) is 5.51. The minimum Gasteiger partial charge on any atom is -0.496 e. The maximum Gasteiger partial charge on any atom is 0.324 e. The van der Waals surface area contributed by atoms with Gasteiger partial charge in [-0.3, -0.25) is 14.5 Å². The summed E-state index contributed by atoms with van der Waals surface area (Å²) in [4.78, 5) is 38.4. The van der Waals surface area contributed by atoms with Gasteiger partial charge >= 0.3 is 6.03 Å². The number of methoxy groups -OCH3 is 1. The van der Waals surface area contributed by atoms with Crippen molar-refractivity contribution in [1.29, 1.82) is 0 Å². The van der Waals surface area contributed by atoms with Crippen LogP contribution in [0.3, 0.4) is 0 Å². The molecule has 28 heavy (non-hydrogen) atoms. The van der Waals surface area contributed by atoms with Crippen molar-refractivity contribution in [2.24, 2.45) is 0 Å². The van der Waals surface area contributed by atoms with Gasteiger partial charge in [-0.1, -0.05) is 43.9 Å². The average molecular weight is 387 g/mol. The maximum absolute atomic E-state index is 12.6. The highest BCUT2D eigenvalue weighted by atomic mass is 16.5. The maximum atomic E-state index is 12.6. The lowest BCUT2D eigenvalue weighted by atomic mass is 10.1. The second-order valence-corrected chi connectivity index (χ2v) is 7.51. The predicted octanol–water partition coefficient (Wildman–Crippen LogP) is 2.39. The molecule has 1 atom stereocenters. The van der Waals surface area contributed by atoms with E-state index >= 15 is 0 Å². The Balaban J connectivity index is 1.52. The first-order valence-electron chi connectivity index (χ1n) is 10.1. The lowest BCUT2D eigenvalue weighted by Gasteiger charge is -2.17. The Labute approximate surface area is 165 Å². The van der Waals surface area contributed by atoms with Gasteiger partial charge in [0.1, 0.15) is 11.8 Å². The van der Waals surface area contributed by atoms with E-state index in [1.807, 2.05) is 24.3 Å². The van der Waals surface area contributed by atoms with Gasteiger partial charge in [0.2, 0.25) is 5.91 Å². The molecule has 1 aromatic carbocycles. The number of nitrogens with zero attached hydrogens (tertiary/aromatic N) is 1. The molecule has 1 saturated heterocycles. The highest BCUT2D eigenvalue weighted by Crippen LogP contribution is 2.20. The Hall–Kier alpha value is -2.57. The fraction of sp³-hybridized carbons (Fsp3) is 0.571. The molecule has 1 heterocycles. The second kappa shape index (κ2) is 9.57. The smallest absolute Gasteiger partial charge is 0.324 e. The molecule has 152 valence electrons. The number of carbonyl (C=O) groups is 3. The summed E-state index contributed by atoms with van der Waals surface area (Å²) in [6.45, 7) is 0.256. The van der Waals surface area contributed by atoms with Crippen molar-refractivity contribution in [3.8, 4) is 5.75 Å². The van der Waals surface area contributed by atoms with Crippen LogP contribution in [0.5, 0.6) is 5.75 Å². The van der Waals surface area contributed by atoms with E-state index in [-0.39, 0.29) is 30.8 Å². The van der Waals surface area contributed by atoms with E-state index in [1.54, 1.807) is 7.11 Å². The number of nitrogens with one attached hydrogen (secondary N) is 2. The Kier molecular flexibility index (Phi) is 6.90. The van der Waals surface area contributed by atoms with Gasteiger partial charge in [0, 0.05) is 12.6 Å². The summed E-state index contributed by atoms with van der Waals surface area (Å²) in [7, 11) is 1.59. The topological polar surface area (TPSA) is 87.7 Å². The van der Waals surface area contributed by atoms with Gasteiger partial charge in [-0.15, -0.1) is 0 Å². The van der Waals surface area contributed by atoms with Gasteiger partial charge in [-0.2, -0.15) is 0 Å².